The Labute approximate surface area is 204 Å². The van der Waals surface area contributed by atoms with Gasteiger partial charge in [0.1, 0.15) is 0 Å². The van der Waals surface area contributed by atoms with E-state index in [1.807, 2.05) is 61.7 Å². The summed E-state index contributed by atoms with van der Waals surface area (Å²) >= 11 is 0. The van der Waals surface area contributed by atoms with Crippen molar-refractivity contribution in [2.24, 2.45) is 0 Å². The maximum atomic E-state index is 13.6. The number of nitriles is 1. The first kappa shape index (κ1) is 21.4. The van der Waals surface area contributed by atoms with Crippen LogP contribution in [0.1, 0.15) is 47.3 Å². The van der Waals surface area contributed by atoms with E-state index in [4.69, 9.17) is 0 Å². The lowest BCUT2D eigenvalue weighted by molar-refractivity contribution is 0.0576. The van der Waals surface area contributed by atoms with E-state index in [-0.39, 0.29) is 18.0 Å². The van der Waals surface area contributed by atoms with Crippen LogP contribution in [-0.2, 0) is 0 Å². The molecule has 0 aliphatic carbocycles. The predicted octanol–water partition coefficient (Wildman–Crippen LogP) is 5.43. The minimum absolute atomic E-state index is 0.0306. The fourth-order valence-electron chi connectivity index (χ4n) is 5.74. The number of aromatic nitrogens is 2. The van der Waals surface area contributed by atoms with Crippen molar-refractivity contribution in [2.75, 3.05) is 5.32 Å². The molecule has 3 atom stereocenters. The lowest BCUT2D eigenvalue weighted by Crippen LogP contribution is -2.49. The molecule has 1 amide bonds. The van der Waals surface area contributed by atoms with E-state index in [1.54, 1.807) is 4.52 Å². The molecule has 0 spiro atoms. The molecule has 35 heavy (non-hydrogen) atoms. The van der Waals surface area contributed by atoms with Gasteiger partial charge in [-0.2, -0.15) is 10.4 Å². The molecule has 2 bridgehead atoms. The van der Waals surface area contributed by atoms with Crippen LogP contribution in [0.5, 0.6) is 0 Å². The standard InChI is InChI=1S/C29H27N5O/c1-19-7-8-23(13-22(19)18-30)31-24-15-25-9-10-26(16-24)34(25)29(35)28-17-27-14-21(11-12-33(27)32-28)20-5-3-2-4-6-20/h2-8,11-14,17,24-26,31H,9-10,15-16H2,1H3/t24?,25-,26+. The van der Waals surface area contributed by atoms with E-state index in [1.165, 1.54) is 0 Å². The van der Waals surface area contributed by atoms with E-state index < -0.39 is 0 Å². The summed E-state index contributed by atoms with van der Waals surface area (Å²) in [7, 11) is 0. The molecule has 2 aromatic carbocycles. The molecule has 2 fully saturated rings. The van der Waals surface area contributed by atoms with Crippen molar-refractivity contribution in [2.45, 2.75) is 50.7 Å². The molecule has 0 saturated carbocycles. The number of carbonyl (C=O) groups excluding carboxylic acids is 1. The van der Waals surface area contributed by atoms with E-state index in [0.717, 1.165) is 53.6 Å². The number of nitrogens with zero attached hydrogens (tertiary/aromatic N) is 4. The summed E-state index contributed by atoms with van der Waals surface area (Å²) in [6.45, 7) is 1.95. The number of aryl methyl sites for hydroxylation is 1. The average molecular weight is 462 g/mol. The van der Waals surface area contributed by atoms with Gasteiger partial charge in [-0.1, -0.05) is 36.4 Å². The number of carbonyl (C=O) groups is 1. The molecule has 6 heteroatoms. The maximum absolute atomic E-state index is 13.6. The first-order valence-electron chi connectivity index (χ1n) is 12.2. The molecule has 174 valence electrons. The zero-order chi connectivity index (χ0) is 23.9. The van der Waals surface area contributed by atoms with Gasteiger partial charge in [0.25, 0.3) is 5.91 Å². The van der Waals surface area contributed by atoms with Crippen LogP contribution in [-0.4, -0.2) is 38.5 Å². The fourth-order valence-corrected chi connectivity index (χ4v) is 5.74. The Balaban J connectivity index is 1.19. The van der Waals surface area contributed by atoms with Crippen molar-refractivity contribution >= 4 is 17.1 Å². The SMILES string of the molecule is Cc1ccc(NC2C[C@H]3CC[C@@H](C2)N3C(=O)c2cc3cc(-c4ccccc4)ccn3n2)cc1C#N. The molecule has 2 saturated heterocycles. The third kappa shape index (κ3) is 3.93. The van der Waals surface area contributed by atoms with Crippen LogP contribution in [0.3, 0.4) is 0 Å². The first-order valence-corrected chi connectivity index (χ1v) is 12.2. The zero-order valence-corrected chi connectivity index (χ0v) is 19.7. The Morgan fingerprint density at radius 2 is 1.77 bits per heavy atom. The molecule has 1 N–H and O–H groups in total. The number of nitrogens with one attached hydrogen (secondary N) is 1. The van der Waals surface area contributed by atoms with E-state index in [2.05, 4.69) is 39.6 Å². The van der Waals surface area contributed by atoms with E-state index in [0.29, 0.717) is 17.3 Å². The summed E-state index contributed by atoms with van der Waals surface area (Å²) in [6.07, 6.45) is 5.79. The third-order valence-electron chi connectivity index (χ3n) is 7.49. The normalized spacial score (nSPS) is 21.1. The lowest BCUT2D eigenvalue weighted by atomic mass is 9.96. The highest BCUT2D eigenvalue weighted by atomic mass is 16.2. The second kappa shape index (κ2) is 8.59. The Morgan fingerprint density at radius 3 is 2.51 bits per heavy atom. The number of amides is 1. The molecule has 6 rings (SSSR count). The summed E-state index contributed by atoms with van der Waals surface area (Å²) < 4.78 is 1.79. The number of hydrogen-bond donors (Lipinski definition) is 1. The summed E-state index contributed by atoms with van der Waals surface area (Å²) in [5, 5.41) is 17.6. The van der Waals surface area contributed by atoms with E-state index in [9.17, 15) is 10.1 Å². The summed E-state index contributed by atoms with van der Waals surface area (Å²) in [6, 6.07) is 25.2. The average Bonchev–Trinajstić information content (AvgIpc) is 3.43. The van der Waals surface area contributed by atoms with Gasteiger partial charge < -0.3 is 10.2 Å². The van der Waals surface area contributed by atoms with Gasteiger partial charge in [-0.25, -0.2) is 4.52 Å². The molecule has 4 heterocycles. The maximum Gasteiger partial charge on any atom is 0.274 e. The van der Waals surface area contributed by atoms with Crippen molar-refractivity contribution in [1.29, 1.82) is 5.26 Å². The summed E-state index contributed by atoms with van der Waals surface area (Å²) in [4.78, 5) is 15.6. The Bertz CT molecular complexity index is 1440. The number of benzene rings is 2. The monoisotopic (exact) mass is 461 g/mol. The van der Waals surface area contributed by atoms with Gasteiger partial charge in [0, 0.05) is 30.0 Å². The van der Waals surface area contributed by atoms with Crippen molar-refractivity contribution in [3.8, 4) is 17.2 Å². The minimum Gasteiger partial charge on any atom is -0.382 e. The van der Waals surface area contributed by atoms with Crippen LogP contribution in [0.4, 0.5) is 5.69 Å². The molecular weight excluding hydrogens is 434 g/mol. The van der Waals surface area contributed by atoms with Crippen LogP contribution >= 0.6 is 0 Å². The minimum atomic E-state index is 0.0306. The van der Waals surface area contributed by atoms with Crippen LogP contribution in [0.2, 0.25) is 0 Å². The molecule has 4 aromatic rings. The van der Waals surface area contributed by atoms with Gasteiger partial charge >= 0.3 is 0 Å². The van der Waals surface area contributed by atoms with E-state index >= 15 is 0 Å². The molecule has 6 nitrogen and oxygen atoms in total. The Hall–Kier alpha value is -4.11. The summed E-state index contributed by atoms with van der Waals surface area (Å²) in [5.41, 5.74) is 6.36. The number of pyridine rings is 1. The second-order valence-electron chi connectivity index (χ2n) is 9.73. The number of fused-ring (bicyclic) bond motifs is 3. The molecule has 2 aliphatic rings. The largest absolute Gasteiger partial charge is 0.382 e. The summed E-state index contributed by atoms with van der Waals surface area (Å²) in [5.74, 6) is 0.0306. The smallest absolute Gasteiger partial charge is 0.274 e. The molecule has 2 aromatic heterocycles. The van der Waals surface area contributed by atoms with Crippen LogP contribution in [0, 0.1) is 18.3 Å². The highest BCUT2D eigenvalue weighted by Gasteiger charge is 2.44. The van der Waals surface area contributed by atoms with Crippen LogP contribution < -0.4 is 5.32 Å². The van der Waals surface area contributed by atoms with Gasteiger partial charge in [-0.3, -0.25) is 4.79 Å². The van der Waals surface area contributed by atoms with Crippen molar-refractivity contribution in [3.63, 3.8) is 0 Å². The van der Waals surface area contributed by atoms with Crippen LogP contribution in [0.25, 0.3) is 16.6 Å². The molecule has 1 unspecified atom stereocenters. The molecule has 2 aliphatic heterocycles. The highest BCUT2D eigenvalue weighted by Crippen LogP contribution is 2.38. The lowest BCUT2D eigenvalue weighted by Gasteiger charge is -2.39. The molecular formula is C29H27N5O. The highest BCUT2D eigenvalue weighted by molar-refractivity contribution is 5.94. The van der Waals surface area contributed by atoms with Crippen molar-refractivity contribution < 1.29 is 4.79 Å². The Kier molecular flexibility index (Phi) is 5.26. The Morgan fingerprint density at radius 1 is 1.00 bits per heavy atom. The number of piperidine rings is 1. The number of anilines is 1. The number of hydrogen-bond acceptors (Lipinski definition) is 4. The van der Waals surface area contributed by atoms with Gasteiger partial charge in [0.15, 0.2) is 5.69 Å². The van der Waals surface area contributed by atoms with Crippen molar-refractivity contribution in [1.82, 2.24) is 14.5 Å². The van der Waals surface area contributed by atoms with Gasteiger partial charge in [0.2, 0.25) is 0 Å². The van der Waals surface area contributed by atoms with Gasteiger partial charge in [0.05, 0.1) is 17.1 Å². The fraction of sp³-hybridized carbons (Fsp3) is 0.276. The van der Waals surface area contributed by atoms with Crippen LogP contribution in [0.15, 0.2) is 72.9 Å². The topological polar surface area (TPSA) is 73.4 Å². The quantitative estimate of drug-likeness (QED) is 0.440. The number of rotatable bonds is 4. The van der Waals surface area contributed by atoms with Crippen molar-refractivity contribution in [3.05, 3.63) is 89.7 Å². The first-order chi connectivity index (χ1) is 17.1. The molecule has 0 radical (unpaired) electrons. The zero-order valence-electron chi connectivity index (χ0n) is 19.7. The second-order valence-corrected chi connectivity index (χ2v) is 9.73. The van der Waals surface area contributed by atoms with Gasteiger partial charge in [-0.15, -0.1) is 0 Å². The predicted molar refractivity (Wildman–Crippen MR) is 136 cm³/mol. The van der Waals surface area contributed by atoms with Gasteiger partial charge in [-0.05, 0) is 79.6 Å². The third-order valence-corrected chi connectivity index (χ3v) is 7.49.